The van der Waals surface area contributed by atoms with Gasteiger partial charge in [0.2, 0.25) is 0 Å². The molecule has 0 aliphatic heterocycles. The minimum absolute atomic E-state index is 0.0486. The van der Waals surface area contributed by atoms with Crippen LogP contribution in [0.3, 0.4) is 0 Å². The molecule has 27 heavy (non-hydrogen) atoms. The predicted octanol–water partition coefficient (Wildman–Crippen LogP) is 4.75. The van der Waals surface area contributed by atoms with Crippen molar-refractivity contribution in [3.8, 4) is 0 Å². The number of carbonyl (C=O) groups is 1. The second-order valence-electron chi connectivity index (χ2n) is 5.90. The molecule has 2 atom stereocenters. The second kappa shape index (κ2) is 12.3. The number of hydrogen-bond donors (Lipinski definition) is 1. The lowest BCUT2D eigenvalue weighted by molar-refractivity contribution is -0.110. The molecule has 0 amide bonds. The number of aldehydes is 1. The first kappa shape index (κ1) is 23.0. The number of ether oxygens (including phenoxy) is 1. The van der Waals surface area contributed by atoms with E-state index in [1.165, 1.54) is 12.4 Å². The van der Waals surface area contributed by atoms with Crippen molar-refractivity contribution in [2.24, 2.45) is 5.92 Å². The number of aromatic nitrogens is 3. The van der Waals surface area contributed by atoms with Crippen molar-refractivity contribution < 1.29 is 18.3 Å². The standard InChI is InChI=1S/C13H18ClNO2.C5H7F2N3/c1-10(9-16)4-3-5-13(17-2)12-8-11(14)6-7-15-12;1-8-4-2-9-10(3-4)5(6)7/h6-10,13H,3-5H2,1-2H3;2-3,5,8H,1H3. The first-order chi connectivity index (χ1) is 12.9. The SMILES string of the molecule is CNc1cnn(C(F)F)c1.COC(CCCC(C)C=O)c1cc(Cl)ccn1. The quantitative estimate of drug-likeness (QED) is 0.613. The molecule has 1 N–H and O–H groups in total. The van der Waals surface area contributed by atoms with Crippen LogP contribution >= 0.6 is 11.6 Å². The summed E-state index contributed by atoms with van der Waals surface area (Å²) in [6.07, 6.45) is 7.86. The molecule has 0 radical (unpaired) electrons. The average molecular weight is 403 g/mol. The van der Waals surface area contributed by atoms with Crippen molar-refractivity contribution in [1.82, 2.24) is 14.8 Å². The number of methoxy groups -OCH3 is 1. The van der Waals surface area contributed by atoms with Gasteiger partial charge < -0.3 is 14.8 Å². The summed E-state index contributed by atoms with van der Waals surface area (Å²) < 4.78 is 29.6. The van der Waals surface area contributed by atoms with Crippen molar-refractivity contribution in [3.05, 3.63) is 41.4 Å². The third kappa shape index (κ3) is 8.45. The van der Waals surface area contributed by atoms with Crippen LogP contribution in [-0.2, 0) is 9.53 Å². The molecule has 150 valence electrons. The predicted molar refractivity (Wildman–Crippen MR) is 101 cm³/mol. The molecule has 9 heteroatoms. The van der Waals surface area contributed by atoms with Gasteiger partial charge in [0.05, 0.1) is 29.9 Å². The van der Waals surface area contributed by atoms with Gasteiger partial charge in [-0.05, 0) is 31.4 Å². The monoisotopic (exact) mass is 402 g/mol. The van der Waals surface area contributed by atoms with Gasteiger partial charge in [0.15, 0.2) is 0 Å². The fourth-order valence-electron chi connectivity index (χ4n) is 2.25. The molecule has 0 aliphatic carbocycles. The summed E-state index contributed by atoms with van der Waals surface area (Å²) in [4.78, 5) is 14.8. The van der Waals surface area contributed by atoms with E-state index in [9.17, 15) is 13.6 Å². The van der Waals surface area contributed by atoms with Crippen LogP contribution in [-0.4, -0.2) is 35.2 Å². The maximum Gasteiger partial charge on any atom is 0.333 e. The molecule has 0 spiro atoms. The van der Waals surface area contributed by atoms with Crippen LogP contribution in [0, 0.1) is 5.92 Å². The minimum Gasteiger partial charge on any atom is -0.386 e. The van der Waals surface area contributed by atoms with Crippen molar-refractivity contribution in [3.63, 3.8) is 0 Å². The highest BCUT2D eigenvalue weighted by Crippen LogP contribution is 2.23. The number of anilines is 1. The second-order valence-corrected chi connectivity index (χ2v) is 6.34. The van der Waals surface area contributed by atoms with Gasteiger partial charge >= 0.3 is 6.55 Å². The van der Waals surface area contributed by atoms with Crippen LogP contribution in [0.15, 0.2) is 30.7 Å². The zero-order chi connectivity index (χ0) is 20.2. The molecular formula is C18H25ClF2N4O2. The van der Waals surface area contributed by atoms with Crippen LogP contribution in [0.1, 0.15) is 44.5 Å². The summed E-state index contributed by atoms with van der Waals surface area (Å²) in [5, 5.41) is 6.74. The number of hydrogen-bond acceptors (Lipinski definition) is 5. The number of halogens is 3. The van der Waals surface area contributed by atoms with E-state index < -0.39 is 6.55 Å². The molecule has 0 aliphatic rings. The number of nitrogens with zero attached hydrogens (tertiary/aromatic N) is 3. The maximum absolute atomic E-state index is 11.8. The van der Waals surface area contributed by atoms with E-state index in [0.29, 0.717) is 15.4 Å². The lowest BCUT2D eigenvalue weighted by Gasteiger charge is -2.15. The molecule has 2 aromatic rings. The van der Waals surface area contributed by atoms with Crippen molar-refractivity contribution >= 4 is 23.6 Å². The van der Waals surface area contributed by atoms with E-state index in [1.54, 1.807) is 26.4 Å². The topological polar surface area (TPSA) is 69.0 Å². The maximum atomic E-state index is 11.8. The van der Waals surface area contributed by atoms with Crippen LogP contribution in [0.2, 0.25) is 5.02 Å². The van der Waals surface area contributed by atoms with E-state index in [0.717, 1.165) is 31.2 Å². The van der Waals surface area contributed by atoms with Gasteiger partial charge in [-0.3, -0.25) is 4.98 Å². The van der Waals surface area contributed by atoms with Crippen LogP contribution < -0.4 is 5.32 Å². The van der Waals surface area contributed by atoms with Crippen LogP contribution in [0.5, 0.6) is 0 Å². The molecular weight excluding hydrogens is 378 g/mol. The van der Waals surface area contributed by atoms with Crippen LogP contribution in [0.4, 0.5) is 14.5 Å². The molecule has 0 fully saturated rings. The summed E-state index contributed by atoms with van der Waals surface area (Å²) in [7, 11) is 3.31. The summed E-state index contributed by atoms with van der Waals surface area (Å²) in [6.45, 7) is -0.631. The molecule has 0 saturated heterocycles. The smallest absolute Gasteiger partial charge is 0.333 e. The van der Waals surface area contributed by atoms with Gasteiger partial charge in [-0.15, -0.1) is 0 Å². The van der Waals surface area contributed by atoms with E-state index in [4.69, 9.17) is 16.3 Å². The van der Waals surface area contributed by atoms with Gasteiger partial charge in [0.25, 0.3) is 0 Å². The molecule has 2 heterocycles. The zero-order valence-corrected chi connectivity index (χ0v) is 16.4. The van der Waals surface area contributed by atoms with Gasteiger partial charge in [-0.2, -0.15) is 13.9 Å². The first-order valence-corrected chi connectivity index (χ1v) is 8.88. The Kier molecular flexibility index (Phi) is 10.5. The molecule has 0 saturated carbocycles. The Morgan fingerprint density at radius 1 is 1.41 bits per heavy atom. The molecule has 2 rings (SSSR count). The van der Waals surface area contributed by atoms with E-state index in [-0.39, 0.29) is 12.0 Å². The van der Waals surface area contributed by atoms with Gasteiger partial charge in [0.1, 0.15) is 6.29 Å². The van der Waals surface area contributed by atoms with Gasteiger partial charge in [-0.1, -0.05) is 18.5 Å². The number of pyridine rings is 1. The largest absolute Gasteiger partial charge is 0.386 e. The van der Waals surface area contributed by atoms with Crippen LogP contribution in [0.25, 0.3) is 0 Å². The van der Waals surface area contributed by atoms with Gasteiger partial charge in [0, 0.05) is 31.3 Å². The van der Waals surface area contributed by atoms with E-state index in [1.807, 2.05) is 13.0 Å². The molecule has 2 unspecified atom stereocenters. The van der Waals surface area contributed by atoms with Crippen molar-refractivity contribution in [2.45, 2.75) is 38.8 Å². The Morgan fingerprint density at radius 2 is 2.15 bits per heavy atom. The molecule has 0 aromatic carbocycles. The molecule has 6 nitrogen and oxygen atoms in total. The Labute approximate surface area is 162 Å². The fraction of sp³-hybridized carbons (Fsp3) is 0.500. The Morgan fingerprint density at radius 3 is 2.63 bits per heavy atom. The van der Waals surface area contributed by atoms with E-state index in [2.05, 4.69) is 15.4 Å². The summed E-state index contributed by atoms with van der Waals surface area (Å²) in [6, 6.07) is 3.56. The van der Waals surface area contributed by atoms with Crippen molar-refractivity contribution in [2.75, 3.05) is 19.5 Å². The number of alkyl halides is 2. The number of rotatable bonds is 9. The summed E-state index contributed by atoms with van der Waals surface area (Å²) in [5.74, 6) is 0.111. The molecule has 0 bridgehead atoms. The lowest BCUT2D eigenvalue weighted by Crippen LogP contribution is -2.05. The lowest BCUT2D eigenvalue weighted by atomic mass is 10.0. The zero-order valence-electron chi connectivity index (χ0n) is 15.6. The highest BCUT2D eigenvalue weighted by Gasteiger charge is 2.12. The summed E-state index contributed by atoms with van der Waals surface area (Å²) >= 11 is 5.91. The number of carbonyl (C=O) groups excluding carboxylic acids is 1. The summed E-state index contributed by atoms with van der Waals surface area (Å²) in [5.41, 5.74) is 1.43. The molecule has 2 aromatic heterocycles. The van der Waals surface area contributed by atoms with Crippen molar-refractivity contribution in [1.29, 1.82) is 0 Å². The van der Waals surface area contributed by atoms with Gasteiger partial charge in [-0.25, -0.2) is 4.68 Å². The number of nitrogens with one attached hydrogen (secondary N) is 1. The minimum atomic E-state index is -2.55. The fourth-order valence-corrected chi connectivity index (χ4v) is 2.42. The van der Waals surface area contributed by atoms with E-state index >= 15 is 0 Å². The highest BCUT2D eigenvalue weighted by atomic mass is 35.5. The normalized spacial score (nSPS) is 12.9. The Bertz CT molecular complexity index is 685. The third-order valence-electron chi connectivity index (χ3n) is 3.81. The average Bonchev–Trinajstić information content (AvgIpc) is 3.15. The Balaban J connectivity index is 0.000000309. The highest BCUT2D eigenvalue weighted by molar-refractivity contribution is 6.30. The Hall–Kier alpha value is -2.06. The third-order valence-corrected chi connectivity index (χ3v) is 4.04. The first-order valence-electron chi connectivity index (χ1n) is 8.50.